The van der Waals surface area contributed by atoms with Crippen molar-refractivity contribution in [2.45, 2.75) is 18.3 Å². The quantitative estimate of drug-likeness (QED) is 0.813. The maximum absolute atomic E-state index is 11.5. The number of methoxy groups -OCH3 is 2. The van der Waals surface area contributed by atoms with E-state index in [9.17, 15) is 4.79 Å². The SMILES string of the molecule is COc1ccc(C2(CNC(=O)CCl)CCOCC2)cc1OC. The van der Waals surface area contributed by atoms with Gasteiger partial charge in [-0.25, -0.2) is 0 Å². The number of benzene rings is 1. The van der Waals surface area contributed by atoms with Crippen LogP contribution in [0.2, 0.25) is 0 Å². The Balaban J connectivity index is 2.30. The number of amides is 1. The van der Waals surface area contributed by atoms with Gasteiger partial charge in [-0.15, -0.1) is 11.6 Å². The lowest BCUT2D eigenvalue weighted by molar-refractivity contribution is -0.119. The molecule has 0 atom stereocenters. The van der Waals surface area contributed by atoms with Crippen LogP contribution >= 0.6 is 11.6 Å². The van der Waals surface area contributed by atoms with Crippen molar-refractivity contribution in [2.24, 2.45) is 0 Å². The molecule has 1 aromatic carbocycles. The topological polar surface area (TPSA) is 56.8 Å². The van der Waals surface area contributed by atoms with Crippen LogP contribution in [0.15, 0.2) is 18.2 Å². The van der Waals surface area contributed by atoms with E-state index in [1.807, 2.05) is 18.2 Å². The van der Waals surface area contributed by atoms with Gasteiger partial charge >= 0.3 is 0 Å². The van der Waals surface area contributed by atoms with Crippen LogP contribution in [-0.4, -0.2) is 45.8 Å². The highest BCUT2D eigenvalue weighted by atomic mass is 35.5. The Hall–Kier alpha value is -1.46. The maximum atomic E-state index is 11.5. The Bertz CT molecular complexity index is 515. The Morgan fingerprint density at radius 3 is 2.55 bits per heavy atom. The van der Waals surface area contributed by atoms with Gasteiger partial charge in [0.05, 0.1) is 14.2 Å². The summed E-state index contributed by atoms with van der Waals surface area (Å²) in [5.74, 6) is 1.19. The van der Waals surface area contributed by atoms with Gasteiger partial charge in [0.25, 0.3) is 0 Å². The van der Waals surface area contributed by atoms with Crippen molar-refractivity contribution in [3.63, 3.8) is 0 Å². The molecule has 1 amide bonds. The van der Waals surface area contributed by atoms with Gasteiger partial charge < -0.3 is 19.5 Å². The third-order valence-corrected chi connectivity index (χ3v) is 4.43. The standard InChI is InChI=1S/C16H22ClNO4/c1-20-13-4-3-12(9-14(13)21-2)16(5-7-22-8-6-16)11-18-15(19)10-17/h3-4,9H,5-8,10-11H2,1-2H3,(H,18,19). The molecule has 0 aromatic heterocycles. The number of carbonyl (C=O) groups is 1. The number of hydrogen-bond donors (Lipinski definition) is 1. The lowest BCUT2D eigenvalue weighted by Crippen LogP contribution is -2.45. The van der Waals surface area contributed by atoms with E-state index in [0.29, 0.717) is 31.3 Å². The molecule has 2 rings (SSSR count). The number of alkyl halides is 1. The fourth-order valence-electron chi connectivity index (χ4n) is 2.81. The summed E-state index contributed by atoms with van der Waals surface area (Å²) in [6, 6.07) is 5.91. The molecule has 0 aliphatic carbocycles. The van der Waals surface area contributed by atoms with Gasteiger partial charge in [-0.1, -0.05) is 6.07 Å². The van der Waals surface area contributed by atoms with E-state index in [1.165, 1.54) is 0 Å². The Morgan fingerprint density at radius 2 is 1.95 bits per heavy atom. The molecule has 0 unspecified atom stereocenters. The third kappa shape index (κ3) is 3.65. The molecular formula is C16H22ClNO4. The molecule has 0 radical (unpaired) electrons. The minimum absolute atomic E-state index is 0.0293. The molecule has 22 heavy (non-hydrogen) atoms. The molecule has 1 N–H and O–H groups in total. The number of carbonyl (C=O) groups excluding carboxylic acids is 1. The summed E-state index contributed by atoms with van der Waals surface area (Å²) in [6.45, 7) is 1.88. The molecule has 6 heteroatoms. The minimum Gasteiger partial charge on any atom is -0.493 e. The maximum Gasteiger partial charge on any atom is 0.234 e. The van der Waals surface area contributed by atoms with Gasteiger partial charge in [-0.05, 0) is 30.5 Å². The fraction of sp³-hybridized carbons (Fsp3) is 0.562. The molecule has 0 spiro atoms. The normalized spacial score (nSPS) is 16.9. The van der Waals surface area contributed by atoms with Crippen LogP contribution in [0.25, 0.3) is 0 Å². The number of rotatable bonds is 6. The van der Waals surface area contributed by atoms with E-state index >= 15 is 0 Å². The van der Waals surface area contributed by atoms with Crippen LogP contribution in [0.5, 0.6) is 11.5 Å². The number of nitrogens with one attached hydrogen (secondary N) is 1. The number of ether oxygens (including phenoxy) is 3. The largest absolute Gasteiger partial charge is 0.493 e. The van der Waals surface area contributed by atoms with Gasteiger partial charge in [0.15, 0.2) is 11.5 Å². The van der Waals surface area contributed by atoms with Crippen molar-refractivity contribution in [1.29, 1.82) is 0 Å². The van der Waals surface area contributed by atoms with Crippen molar-refractivity contribution in [3.05, 3.63) is 23.8 Å². The minimum atomic E-state index is -0.167. The summed E-state index contributed by atoms with van der Waals surface area (Å²) in [5, 5.41) is 2.91. The monoisotopic (exact) mass is 327 g/mol. The van der Waals surface area contributed by atoms with Crippen LogP contribution < -0.4 is 14.8 Å². The molecule has 5 nitrogen and oxygen atoms in total. The van der Waals surface area contributed by atoms with Gasteiger partial charge in [0.1, 0.15) is 5.88 Å². The van der Waals surface area contributed by atoms with Crippen LogP contribution in [0.4, 0.5) is 0 Å². The van der Waals surface area contributed by atoms with Gasteiger partial charge in [0.2, 0.25) is 5.91 Å². The summed E-state index contributed by atoms with van der Waals surface area (Å²) in [4.78, 5) is 11.5. The lowest BCUT2D eigenvalue weighted by atomic mass is 9.74. The fourth-order valence-corrected chi connectivity index (χ4v) is 2.91. The van der Waals surface area contributed by atoms with Crippen LogP contribution in [0.3, 0.4) is 0 Å². The predicted octanol–water partition coefficient (Wildman–Crippen LogP) is 2.11. The molecule has 1 aromatic rings. The first-order valence-electron chi connectivity index (χ1n) is 7.28. The average Bonchev–Trinajstić information content (AvgIpc) is 2.59. The number of hydrogen-bond acceptors (Lipinski definition) is 4. The lowest BCUT2D eigenvalue weighted by Gasteiger charge is -2.38. The first-order valence-corrected chi connectivity index (χ1v) is 7.81. The molecule has 1 saturated heterocycles. The number of halogens is 1. The molecule has 1 fully saturated rings. The van der Waals surface area contributed by atoms with Crippen molar-refractivity contribution >= 4 is 17.5 Å². The summed E-state index contributed by atoms with van der Waals surface area (Å²) in [5.41, 5.74) is 0.947. The Kier molecular flexibility index (Phi) is 5.91. The smallest absolute Gasteiger partial charge is 0.234 e. The van der Waals surface area contributed by atoms with Crippen molar-refractivity contribution in [1.82, 2.24) is 5.32 Å². The average molecular weight is 328 g/mol. The molecule has 122 valence electrons. The highest BCUT2D eigenvalue weighted by molar-refractivity contribution is 6.27. The van der Waals surface area contributed by atoms with E-state index in [2.05, 4.69) is 5.32 Å². The van der Waals surface area contributed by atoms with Crippen LogP contribution in [-0.2, 0) is 14.9 Å². The summed E-state index contributed by atoms with van der Waals surface area (Å²) < 4.78 is 16.2. The Morgan fingerprint density at radius 1 is 1.27 bits per heavy atom. The van der Waals surface area contributed by atoms with Gasteiger partial charge in [-0.3, -0.25) is 4.79 Å². The molecule has 0 bridgehead atoms. The van der Waals surface area contributed by atoms with Crippen molar-refractivity contribution in [3.8, 4) is 11.5 Å². The predicted molar refractivity (Wildman–Crippen MR) is 85.0 cm³/mol. The molecular weight excluding hydrogens is 306 g/mol. The second-order valence-corrected chi connectivity index (χ2v) is 5.64. The van der Waals surface area contributed by atoms with Crippen molar-refractivity contribution in [2.75, 3.05) is 39.9 Å². The first kappa shape index (κ1) is 16.9. The van der Waals surface area contributed by atoms with Crippen molar-refractivity contribution < 1.29 is 19.0 Å². The van der Waals surface area contributed by atoms with Crippen LogP contribution in [0, 0.1) is 0 Å². The molecule has 0 saturated carbocycles. The van der Waals surface area contributed by atoms with Gasteiger partial charge in [0, 0.05) is 25.2 Å². The zero-order valence-electron chi connectivity index (χ0n) is 13.0. The first-order chi connectivity index (χ1) is 10.6. The second-order valence-electron chi connectivity index (χ2n) is 5.37. The van der Waals surface area contributed by atoms with E-state index in [1.54, 1.807) is 14.2 Å². The van der Waals surface area contributed by atoms with E-state index in [0.717, 1.165) is 18.4 Å². The Labute approximate surface area is 135 Å². The highest BCUT2D eigenvalue weighted by Gasteiger charge is 2.35. The molecule has 1 aliphatic rings. The van der Waals surface area contributed by atoms with E-state index in [-0.39, 0.29) is 17.2 Å². The second kappa shape index (κ2) is 7.70. The van der Waals surface area contributed by atoms with E-state index < -0.39 is 0 Å². The zero-order chi connectivity index (χ0) is 16.0. The highest BCUT2D eigenvalue weighted by Crippen LogP contribution is 2.38. The van der Waals surface area contributed by atoms with Crippen LogP contribution in [0.1, 0.15) is 18.4 Å². The molecule has 1 aliphatic heterocycles. The zero-order valence-corrected chi connectivity index (χ0v) is 13.7. The van der Waals surface area contributed by atoms with Gasteiger partial charge in [-0.2, -0.15) is 0 Å². The summed E-state index contributed by atoms with van der Waals surface area (Å²) >= 11 is 5.58. The molecule has 1 heterocycles. The third-order valence-electron chi connectivity index (χ3n) is 4.19. The summed E-state index contributed by atoms with van der Waals surface area (Å²) in [6.07, 6.45) is 1.68. The van der Waals surface area contributed by atoms with E-state index in [4.69, 9.17) is 25.8 Å². The summed E-state index contributed by atoms with van der Waals surface area (Å²) in [7, 11) is 3.23.